The van der Waals surface area contributed by atoms with E-state index in [1.807, 2.05) is 0 Å². The largest absolute Gasteiger partial charge is 0.347 e. The zero-order valence-corrected chi connectivity index (χ0v) is 6.35. The minimum absolute atomic E-state index is 0.289. The van der Waals surface area contributed by atoms with Gasteiger partial charge < -0.3 is 10.7 Å². The maximum absolute atomic E-state index is 12.5. The van der Waals surface area contributed by atoms with E-state index in [2.05, 4.69) is 9.97 Å². The summed E-state index contributed by atoms with van der Waals surface area (Å²) in [6.07, 6.45) is 2.36. The van der Waals surface area contributed by atoms with Crippen molar-refractivity contribution in [1.82, 2.24) is 9.97 Å². The lowest BCUT2D eigenvalue weighted by Gasteiger charge is -2.43. The predicted molar refractivity (Wildman–Crippen MR) is 38.6 cm³/mol. The van der Waals surface area contributed by atoms with E-state index < -0.39 is 11.5 Å². The van der Waals surface area contributed by atoms with Crippen LogP contribution in [-0.4, -0.2) is 15.9 Å². The fourth-order valence-corrected chi connectivity index (χ4v) is 1.59. The van der Waals surface area contributed by atoms with E-state index in [0.717, 1.165) is 0 Å². The van der Waals surface area contributed by atoms with E-state index in [0.29, 0.717) is 5.69 Å². The van der Waals surface area contributed by atoms with Crippen LogP contribution in [0.3, 0.4) is 0 Å². The van der Waals surface area contributed by atoms with Crippen LogP contribution in [0, 0.1) is 0 Å². The molecule has 12 heavy (non-hydrogen) atoms. The smallest absolute Gasteiger partial charge is 0.252 e. The molecule has 0 spiro atoms. The van der Waals surface area contributed by atoms with Crippen molar-refractivity contribution in [2.75, 3.05) is 0 Å². The summed E-state index contributed by atoms with van der Waals surface area (Å²) < 4.78 is 25.0. The van der Waals surface area contributed by atoms with E-state index in [1.54, 1.807) is 0 Å². The first-order valence-electron chi connectivity index (χ1n) is 3.67. The first kappa shape index (κ1) is 7.67. The third-order valence-corrected chi connectivity index (χ3v) is 2.18. The van der Waals surface area contributed by atoms with Crippen LogP contribution in [0.25, 0.3) is 0 Å². The van der Waals surface area contributed by atoms with Crippen molar-refractivity contribution in [1.29, 1.82) is 0 Å². The van der Waals surface area contributed by atoms with Gasteiger partial charge in [-0.3, -0.25) is 0 Å². The Labute approximate surface area is 68.0 Å². The highest BCUT2D eigenvalue weighted by atomic mass is 19.3. The zero-order chi connectivity index (χ0) is 8.82. The SMILES string of the molecule is NC1(c2cnc[nH]2)CC(F)(F)C1. The number of aromatic nitrogens is 2. The Bertz CT molecular complexity index is 273. The van der Waals surface area contributed by atoms with Crippen molar-refractivity contribution in [2.24, 2.45) is 5.73 Å². The van der Waals surface area contributed by atoms with E-state index in [4.69, 9.17) is 5.73 Å². The number of aromatic amines is 1. The van der Waals surface area contributed by atoms with Gasteiger partial charge in [-0.15, -0.1) is 0 Å². The van der Waals surface area contributed by atoms with Crippen LogP contribution >= 0.6 is 0 Å². The molecule has 1 saturated carbocycles. The summed E-state index contributed by atoms with van der Waals surface area (Å²) in [5, 5.41) is 0. The molecule has 0 atom stereocenters. The Morgan fingerprint density at radius 3 is 2.58 bits per heavy atom. The van der Waals surface area contributed by atoms with Crippen molar-refractivity contribution in [3.8, 4) is 0 Å². The van der Waals surface area contributed by atoms with Crippen LogP contribution in [0.5, 0.6) is 0 Å². The molecule has 3 N–H and O–H groups in total. The molecule has 1 aromatic rings. The van der Waals surface area contributed by atoms with Gasteiger partial charge in [-0.25, -0.2) is 13.8 Å². The lowest BCUT2D eigenvalue weighted by molar-refractivity contribution is -0.126. The summed E-state index contributed by atoms with van der Waals surface area (Å²) in [5.41, 5.74) is 5.40. The van der Waals surface area contributed by atoms with Crippen molar-refractivity contribution in [3.63, 3.8) is 0 Å². The molecule has 2 rings (SSSR count). The molecule has 0 amide bonds. The van der Waals surface area contributed by atoms with Crippen molar-refractivity contribution in [3.05, 3.63) is 18.2 Å². The highest BCUT2D eigenvalue weighted by molar-refractivity contribution is 5.19. The highest BCUT2D eigenvalue weighted by Gasteiger charge is 2.55. The molecule has 1 aliphatic carbocycles. The van der Waals surface area contributed by atoms with Crippen molar-refractivity contribution >= 4 is 0 Å². The Kier molecular flexibility index (Phi) is 1.30. The summed E-state index contributed by atoms with van der Waals surface area (Å²) in [6, 6.07) is 0. The van der Waals surface area contributed by atoms with Crippen LogP contribution in [0.2, 0.25) is 0 Å². The van der Waals surface area contributed by atoms with Gasteiger partial charge in [0.15, 0.2) is 0 Å². The van der Waals surface area contributed by atoms with Gasteiger partial charge in [-0.05, 0) is 0 Å². The molecule has 1 heterocycles. The summed E-state index contributed by atoms with van der Waals surface area (Å²) in [6.45, 7) is 0. The van der Waals surface area contributed by atoms with Gasteiger partial charge in [0.05, 0.1) is 17.6 Å². The molecule has 0 saturated heterocycles. The molecule has 0 unspecified atom stereocenters. The number of nitrogens with zero attached hydrogens (tertiary/aromatic N) is 1. The number of nitrogens with one attached hydrogen (secondary N) is 1. The quantitative estimate of drug-likeness (QED) is 0.665. The Morgan fingerprint density at radius 2 is 2.17 bits per heavy atom. The maximum Gasteiger partial charge on any atom is 0.252 e. The minimum Gasteiger partial charge on any atom is -0.347 e. The zero-order valence-electron chi connectivity index (χ0n) is 6.35. The second-order valence-corrected chi connectivity index (χ2v) is 3.33. The number of halogens is 2. The monoisotopic (exact) mass is 173 g/mol. The molecule has 1 aromatic heterocycles. The average Bonchev–Trinajstić information content (AvgIpc) is 2.31. The number of alkyl halides is 2. The molecule has 1 aliphatic rings. The van der Waals surface area contributed by atoms with Gasteiger partial charge in [0.25, 0.3) is 5.92 Å². The molecule has 0 bridgehead atoms. The van der Waals surface area contributed by atoms with Crippen LogP contribution in [0.15, 0.2) is 12.5 Å². The molecule has 3 nitrogen and oxygen atoms in total. The summed E-state index contributed by atoms with van der Waals surface area (Å²) >= 11 is 0. The van der Waals surface area contributed by atoms with Gasteiger partial charge in [0.2, 0.25) is 0 Å². The number of imidazole rings is 1. The molecule has 5 heteroatoms. The van der Waals surface area contributed by atoms with Crippen molar-refractivity contribution < 1.29 is 8.78 Å². The third-order valence-electron chi connectivity index (χ3n) is 2.18. The molecule has 0 aromatic carbocycles. The summed E-state index contributed by atoms with van der Waals surface area (Å²) in [4.78, 5) is 6.49. The second kappa shape index (κ2) is 2.04. The number of nitrogens with two attached hydrogens (primary N) is 1. The second-order valence-electron chi connectivity index (χ2n) is 3.33. The molecule has 0 radical (unpaired) electrons. The van der Waals surface area contributed by atoms with Crippen LogP contribution < -0.4 is 5.73 Å². The maximum atomic E-state index is 12.5. The normalized spacial score (nSPS) is 24.9. The summed E-state index contributed by atoms with van der Waals surface area (Å²) in [7, 11) is 0. The topological polar surface area (TPSA) is 54.7 Å². The van der Waals surface area contributed by atoms with Gasteiger partial charge in [-0.1, -0.05) is 0 Å². The van der Waals surface area contributed by atoms with E-state index in [1.165, 1.54) is 12.5 Å². The lowest BCUT2D eigenvalue weighted by atomic mass is 9.72. The Morgan fingerprint density at radius 1 is 1.50 bits per heavy atom. The molecule has 66 valence electrons. The van der Waals surface area contributed by atoms with E-state index in [-0.39, 0.29) is 12.8 Å². The van der Waals surface area contributed by atoms with Gasteiger partial charge in [-0.2, -0.15) is 0 Å². The first-order chi connectivity index (χ1) is 5.52. The Hall–Kier alpha value is -0.970. The van der Waals surface area contributed by atoms with Gasteiger partial charge in [0.1, 0.15) is 0 Å². The fourth-order valence-electron chi connectivity index (χ4n) is 1.59. The Balaban J connectivity index is 2.18. The average molecular weight is 173 g/mol. The van der Waals surface area contributed by atoms with Crippen LogP contribution in [0.1, 0.15) is 18.5 Å². The number of rotatable bonds is 1. The highest BCUT2D eigenvalue weighted by Crippen LogP contribution is 2.48. The standard InChI is InChI=1S/C7H9F2N3/c8-7(9)2-6(10,3-7)5-1-11-4-12-5/h1,4H,2-3,10H2,(H,11,12). The van der Waals surface area contributed by atoms with Gasteiger partial charge >= 0.3 is 0 Å². The lowest BCUT2D eigenvalue weighted by Crippen LogP contribution is -2.55. The molecule has 1 fully saturated rings. The van der Waals surface area contributed by atoms with Crippen LogP contribution in [-0.2, 0) is 5.54 Å². The van der Waals surface area contributed by atoms with Crippen molar-refractivity contribution in [2.45, 2.75) is 24.3 Å². The number of H-pyrrole nitrogens is 1. The molecular formula is C7H9F2N3. The van der Waals surface area contributed by atoms with Gasteiger partial charge in [0, 0.05) is 19.0 Å². The molecular weight excluding hydrogens is 164 g/mol. The predicted octanol–water partition coefficient (Wildman–Crippen LogP) is 0.993. The molecule has 0 aliphatic heterocycles. The fraction of sp³-hybridized carbons (Fsp3) is 0.571. The minimum atomic E-state index is -2.60. The van der Waals surface area contributed by atoms with E-state index in [9.17, 15) is 8.78 Å². The first-order valence-corrected chi connectivity index (χ1v) is 3.67. The summed E-state index contributed by atoms with van der Waals surface area (Å²) in [5.74, 6) is -2.60. The number of hydrogen-bond acceptors (Lipinski definition) is 2. The third kappa shape index (κ3) is 1.01. The van der Waals surface area contributed by atoms with E-state index >= 15 is 0 Å². The van der Waals surface area contributed by atoms with Crippen LogP contribution in [0.4, 0.5) is 8.78 Å². The number of hydrogen-bond donors (Lipinski definition) is 2.